The van der Waals surface area contributed by atoms with Crippen LogP contribution < -0.4 is 4.74 Å². The molecule has 1 aliphatic heterocycles. The summed E-state index contributed by atoms with van der Waals surface area (Å²) in [6.07, 6.45) is -1.76. The van der Waals surface area contributed by atoms with Gasteiger partial charge in [0, 0.05) is 24.1 Å². The lowest BCUT2D eigenvalue weighted by Gasteiger charge is -2.34. The van der Waals surface area contributed by atoms with E-state index in [1.54, 1.807) is 12.1 Å². The van der Waals surface area contributed by atoms with E-state index in [-0.39, 0.29) is 35.0 Å². The smallest absolute Gasteiger partial charge is 0.338 e. The lowest BCUT2D eigenvalue weighted by atomic mass is 9.93. The lowest BCUT2D eigenvalue weighted by Crippen LogP contribution is -2.34. The topological polar surface area (TPSA) is 157 Å². The lowest BCUT2D eigenvalue weighted by molar-refractivity contribution is -0.0188. The second kappa shape index (κ2) is 7.52. The van der Waals surface area contributed by atoms with Crippen molar-refractivity contribution in [1.82, 2.24) is 0 Å². The predicted octanol–water partition coefficient (Wildman–Crippen LogP) is 2.82. The second-order valence-electron chi connectivity index (χ2n) is 7.08. The minimum absolute atomic E-state index is 0.0267. The molecule has 0 spiro atoms. The van der Waals surface area contributed by atoms with Gasteiger partial charge in [0.15, 0.2) is 23.4 Å². The summed E-state index contributed by atoms with van der Waals surface area (Å²) in [5.41, 5.74) is 0.667. The van der Waals surface area contributed by atoms with Crippen molar-refractivity contribution in [1.29, 1.82) is 0 Å². The number of phenols is 6. The van der Waals surface area contributed by atoms with E-state index in [0.29, 0.717) is 11.1 Å². The van der Waals surface area contributed by atoms with E-state index in [1.807, 2.05) is 0 Å². The van der Waals surface area contributed by atoms with E-state index in [1.165, 1.54) is 18.2 Å². The molecular weight excluding hydrogens is 408 g/mol. The first-order valence-electron chi connectivity index (χ1n) is 9.19. The molecule has 0 aromatic heterocycles. The molecule has 6 N–H and O–H groups in total. The Morgan fingerprint density at radius 2 is 1.48 bits per heavy atom. The highest BCUT2D eigenvalue weighted by atomic mass is 16.6. The van der Waals surface area contributed by atoms with Crippen LogP contribution in [0.15, 0.2) is 48.5 Å². The summed E-state index contributed by atoms with van der Waals surface area (Å²) < 4.78 is 11.5. The van der Waals surface area contributed by atoms with Crippen molar-refractivity contribution in [2.24, 2.45) is 0 Å². The minimum atomic E-state index is -0.946. The Balaban J connectivity index is 1.70. The van der Waals surface area contributed by atoms with Crippen LogP contribution >= 0.6 is 0 Å². The van der Waals surface area contributed by atoms with Crippen molar-refractivity contribution in [3.63, 3.8) is 0 Å². The molecule has 0 saturated carbocycles. The highest BCUT2D eigenvalue weighted by Crippen LogP contribution is 2.43. The molecule has 1 heterocycles. The number of hydrogen-bond donors (Lipinski definition) is 6. The Hall–Kier alpha value is -4.27. The van der Waals surface area contributed by atoms with Gasteiger partial charge in [0.2, 0.25) is 0 Å². The number of hydrogen-bond acceptors (Lipinski definition) is 9. The van der Waals surface area contributed by atoms with Crippen molar-refractivity contribution < 1.29 is 44.9 Å². The van der Waals surface area contributed by atoms with Crippen LogP contribution in [0.3, 0.4) is 0 Å². The summed E-state index contributed by atoms with van der Waals surface area (Å²) in [7, 11) is 0. The molecule has 3 aromatic carbocycles. The number of fused-ring (bicyclic) bond motifs is 1. The summed E-state index contributed by atoms with van der Waals surface area (Å²) in [6, 6.07) is 10.4. The van der Waals surface area contributed by atoms with Gasteiger partial charge in [-0.15, -0.1) is 0 Å². The summed E-state index contributed by atoms with van der Waals surface area (Å²) in [5.74, 6) is -3.27. The Kier molecular flexibility index (Phi) is 4.86. The number of benzene rings is 3. The van der Waals surface area contributed by atoms with Crippen LogP contribution in [0.1, 0.15) is 27.6 Å². The maximum absolute atomic E-state index is 12.7. The van der Waals surface area contributed by atoms with E-state index in [2.05, 4.69) is 0 Å². The molecule has 160 valence electrons. The van der Waals surface area contributed by atoms with Crippen molar-refractivity contribution in [3.05, 3.63) is 65.2 Å². The quantitative estimate of drug-likeness (QED) is 0.274. The molecule has 0 saturated heterocycles. The molecule has 0 fully saturated rings. The average molecular weight is 426 g/mol. The molecule has 2 atom stereocenters. The van der Waals surface area contributed by atoms with E-state index in [4.69, 9.17) is 9.47 Å². The van der Waals surface area contributed by atoms with Crippen molar-refractivity contribution >= 4 is 5.97 Å². The second-order valence-corrected chi connectivity index (χ2v) is 7.08. The molecule has 0 unspecified atom stereocenters. The van der Waals surface area contributed by atoms with Gasteiger partial charge in [-0.05, 0) is 29.8 Å². The Bertz CT molecular complexity index is 1130. The fraction of sp³-hybridized carbons (Fsp3) is 0.136. The van der Waals surface area contributed by atoms with Gasteiger partial charge in [0.25, 0.3) is 0 Å². The normalized spacial score (nSPS) is 17.4. The van der Waals surface area contributed by atoms with E-state index in [0.717, 1.165) is 18.2 Å². The molecule has 31 heavy (non-hydrogen) atoms. The standard InChI is InChI=1S/C22H18O9/c23-12-3-1-10(2-4-12)21-19(9-14-15(25)7-13(24)8-18(14)30-21)31-22(29)11-5-16(26)20(28)17(27)6-11/h1-8,19,21,23-28H,9H2/t19-,21+/m0/s1. The van der Waals surface area contributed by atoms with Crippen LogP contribution in [0.5, 0.6) is 40.2 Å². The largest absolute Gasteiger partial charge is 0.508 e. The monoisotopic (exact) mass is 426 g/mol. The maximum atomic E-state index is 12.7. The van der Waals surface area contributed by atoms with Crippen molar-refractivity contribution in [2.45, 2.75) is 18.6 Å². The van der Waals surface area contributed by atoms with E-state index < -0.39 is 35.4 Å². The fourth-order valence-electron chi connectivity index (χ4n) is 3.43. The first-order valence-corrected chi connectivity index (χ1v) is 9.19. The molecule has 0 amide bonds. The molecule has 9 heteroatoms. The number of rotatable bonds is 3. The van der Waals surface area contributed by atoms with Gasteiger partial charge in [0.05, 0.1) is 5.56 Å². The molecule has 0 aliphatic carbocycles. The van der Waals surface area contributed by atoms with Gasteiger partial charge >= 0.3 is 5.97 Å². The van der Waals surface area contributed by atoms with Gasteiger partial charge in [-0.3, -0.25) is 0 Å². The maximum Gasteiger partial charge on any atom is 0.338 e. The zero-order valence-electron chi connectivity index (χ0n) is 15.9. The van der Waals surface area contributed by atoms with Crippen LogP contribution in [-0.2, 0) is 11.2 Å². The molecule has 0 radical (unpaired) electrons. The van der Waals surface area contributed by atoms with E-state index >= 15 is 0 Å². The summed E-state index contributed by atoms with van der Waals surface area (Å²) >= 11 is 0. The third-order valence-electron chi connectivity index (χ3n) is 4.95. The van der Waals surface area contributed by atoms with Gasteiger partial charge in [0.1, 0.15) is 29.1 Å². The molecular formula is C22H18O9. The van der Waals surface area contributed by atoms with Crippen molar-refractivity contribution in [2.75, 3.05) is 0 Å². The molecule has 4 rings (SSSR count). The molecule has 3 aromatic rings. The summed E-state index contributed by atoms with van der Waals surface area (Å²) in [4.78, 5) is 12.7. The average Bonchev–Trinajstić information content (AvgIpc) is 2.72. The van der Waals surface area contributed by atoms with E-state index in [9.17, 15) is 35.4 Å². The zero-order valence-corrected chi connectivity index (χ0v) is 15.9. The highest BCUT2D eigenvalue weighted by molar-refractivity contribution is 5.91. The first-order chi connectivity index (χ1) is 14.7. The number of aromatic hydroxyl groups is 6. The number of carbonyl (C=O) groups is 1. The van der Waals surface area contributed by atoms with Gasteiger partial charge in [-0.2, -0.15) is 0 Å². The molecule has 1 aliphatic rings. The predicted molar refractivity (Wildman–Crippen MR) is 106 cm³/mol. The number of ether oxygens (including phenoxy) is 2. The van der Waals surface area contributed by atoms with Crippen LogP contribution in [0.2, 0.25) is 0 Å². The fourth-order valence-corrected chi connectivity index (χ4v) is 3.43. The molecule has 0 bridgehead atoms. The Morgan fingerprint density at radius 1 is 0.839 bits per heavy atom. The van der Waals surface area contributed by atoms with Crippen LogP contribution in [0.4, 0.5) is 0 Å². The summed E-state index contributed by atoms with van der Waals surface area (Å²) in [5, 5.41) is 58.3. The number of carbonyl (C=O) groups excluding carboxylic acids is 1. The Morgan fingerprint density at radius 3 is 2.13 bits per heavy atom. The van der Waals surface area contributed by atoms with Crippen LogP contribution in [0.25, 0.3) is 0 Å². The SMILES string of the molecule is O=C(O[C@H]1Cc2c(O)cc(O)cc2O[C@@H]1c1ccc(O)cc1)c1cc(O)c(O)c(O)c1. The van der Waals surface area contributed by atoms with Crippen molar-refractivity contribution in [3.8, 4) is 40.2 Å². The molecule has 9 nitrogen and oxygen atoms in total. The first kappa shape index (κ1) is 20.0. The van der Waals surface area contributed by atoms with Gasteiger partial charge < -0.3 is 40.1 Å². The Labute approximate surface area is 175 Å². The van der Waals surface area contributed by atoms with Gasteiger partial charge in [-0.1, -0.05) is 12.1 Å². The third kappa shape index (κ3) is 3.80. The summed E-state index contributed by atoms with van der Waals surface area (Å²) in [6.45, 7) is 0. The third-order valence-corrected chi connectivity index (χ3v) is 4.95. The number of esters is 1. The number of phenolic OH excluding ortho intramolecular Hbond substituents is 6. The van der Waals surface area contributed by atoms with Crippen LogP contribution in [0, 0.1) is 0 Å². The van der Waals surface area contributed by atoms with Crippen LogP contribution in [-0.4, -0.2) is 42.7 Å². The highest BCUT2D eigenvalue weighted by Gasteiger charge is 2.36. The zero-order chi connectivity index (χ0) is 22.3. The minimum Gasteiger partial charge on any atom is -0.508 e. The van der Waals surface area contributed by atoms with Gasteiger partial charge in [-0.25, -0.2) is 4.79 Å².